The van der Waals surface area contributed by atoms with Crippen molar-refractivity contribution in [2.45, 2.75) is 129 Å². The lowest BCUT2D eigenvalue weighted by Crippen LogP contribution is -2.62. The first kappa shape index (κ1) is 23.8. The first-order valence-corrected chi connectivity index (χ1v) is 13.9. The number of Topliss-reactive ketones (excluding diaryl/α,β-unsaturated/α-hetero) is 1. The van der Waals surface area contributed by atoms with Gasteiger partial charge in [-0.3, -0.25) is 9.59 Å². The van der Waals surface area contributed by atoms with Crippen molar-refractivity contribution in [3.63, 3.8) is 0 Å². The largest absolute Gasteiger partial charge is 0.463 e. The molecule has 0 amide bonds. The molecular weight excluding hydrogens is 412 g/mol. The van der Waals surface area contributed by atoms with Crippen LogP contribution in [0.5, 0.6) is 0 Å². The SMILES string of the molecule is CC(=O)O[C@@H]1CC[C@@]2(C)[C@@H](CC(=O)[C@]34O[C@]35CC[C@H]([C@H](C)CCCC(C)C)[C@@]5(C)CC[C@@H]24)C1. The Kier molecular flexibility index (Phi) is 5.63. The molecule has 4 saturated carbocycles. The number of epoxide rings is 1. The van der Waals surface area contributed by atoms with E-state index in [9.17, 15) is 9.59 Å². The molecule has 5 rings (SSSR count). The first-order chi connectivity index (χ1) is 15.5. The standard InChI is InChI=1S/C29H46O4/c1-18(2)8-7-9-19(3)23-11-15-28-27(23,6)14-12-24-26(5)13-10-22(32-20(4)30)16-21(26)17-25(31)29(24,28)33-28/h18-19,21-24H,7-17H2,1-6H3/t19-,21-,22-,23-,24+,26+,27-,28+,29+/m1/s1. The van der Waals surface area contributed by atoms with Crippen molar-refractivity contribution in [1.29, 1.82) is 0 Å². The second kappa shape index (κ2) is 7.80. The lowest BCUT2D eigenvalue weighted by atomic mass is 9.44. The molecule has 5 fully saturated rings. The van der Waals surface area contributed by atoms with Crippen LogP contribution in [0.1, 0.15) is 112 Å². The minimum atomic E-state index is -0.522. The summed E-state index contributed by atoms with van der Waals surface area (Å²) in [4.78, 5) is 25.4. The fourth-order valence-electron chi connectivity index (χ4n) is 9.78. The van der Waals surface area contributed by atoms with Crippen molar-refractivity contribution >= 4 is 11.8 Å². The Morgan fingerprint density at radius 3 is 2.55 bits per heavy atom. The Labute approximate surface area is 200 Å². The van der Waals surface area contributed by atoms with Gasteiger partial charge >= 0.3 is 5.97 Å². The van der Waals surface area contributed by atoms with Crippen LogP contribution in [0.3, 0.4) is 0 Å². The third-order valence-electron chi connectivity index (χ3n) is 11.5. The number of ether oxygens (including phenoxy) is 2. The van der Waals surface area contributed by atoms with Crippen molar-refractivity contribution in [3.8, 4) is 0 Å². The molecule has 0 bridgehead atoms. The van der Waals surface area contributed by atoms with Gasteiger partial charge in [0.15, 0.2) is 11.4 Å². The molecule has 0 aromatic heterocycles. The summed E-state index contributed by atoms with van der Waals surface area (Å²) in [5.41, 5.74) is -0.478. The van der Waals surface area contributed by atoms with E-state index in [2.05, 4.69) is 34.6 Å². The fourth-order valence-corrected chi connectivity index (χ4v) is 9.78. The molecule has 4 heteroatoms. The third kappa shape index (κ3) is 3.17. The molecule has 4 aliphatic carbocycles. The van der Waals surface area contributed by atoms with Crippen LogP contribution >= 0.6 is 0 Å². The molecule has 186 valence electrons. The number of carbonyl (C=O) groups is 2. The topological polar surface area (TPSA) is 55.9 Å². The molecule has 1 aliphatic heterocycles. The van der Waals surface area contributed by atoms with Crippen LogP contribution in [0.2, 0.25) is 0 Å². The second-order valence-corrected chi connectivity index (χ2v) is 13.5. The van der Waals surface area contributed by atoms with Gasteiger partial charge in [-0.1, -0.05) is 53.9 Å². The maximum atomic E-state index is 13.9. The van der Waals surface area contributed by atoms with Gasteiger partial charge in [0.1, 0.15) is 11.7 Å². The summed E-state index contributed by atoms with van der Waals surface area (Å²) in [5.74, 6) is 2.97. The quantitative estimate of drug-likeness (QED) is 0.337. The van der Waals surface area contributed by atoms with Gasteiger partial charge in [-0.15, -0.1) is 0 Å². The molecule has 4 nitrogen and oxygen atoms in total. The zero-order valence-corrected chi connectivity index (χ0v) is 21.9. The van der Waals surface area contributed by atoms with Crippen LogP contribution in [0.15, 0.2) is 0 Å². The second-order valence-electron chi connectivity index (χ2n) is 13.5. The van der Waals surface area contributed by atoms with E-state index >= 15 is 0 Å². The molecular formula is C29H46O4. The van der Waals surface area contributed by atoms with Gasteiger partial charge in [0, 0.05) is 24.7 Å². The summed E-state index contributed by atoms with van der Waals surface area (Å²) in [6.45, 7) is 13.5. The maximum absolute atomic E-state index is 13.9. The Morgan fingerprint density at radius 1 is 1.09 bits per heavy atom. The molecule has 33 heavy (non-hydrogen) atoms. The number of carbonyl (C=O) groups excluding carboxylic acids is 2. The summed E-state index contributed by atoms with van der Waals surface area (Å²) < 4.78 is 12.5. The van der Waals surface area contributed by atoms with Crippen molar-refractivity contribution < 1.29 is 19.1 Å². The van der Waals surface area contributed by atoms with E-state index in [1.165, 1.54) is 39.0 Å². The zero-order chi connectivity index (χ0) is 23.8. The molecule has 0 unspecified atom stereocenters. The predicted octanol–water partition coefficient (Wildman–Crippen LogP) is 6.49. The van der Waals surface area contributed by atoms with Gasteiger partial charge in [-0.05, 0) is 74.0 Å². The Bertz CT molecular complexity index is 820. The van der Waals surface area contributed by atoms with Crippen LogP contribution in [-0.2, 0) is 19.1 Å². The average Bonchev–Trinajstić information content (AvgIpc) is 3.32. The first-order valence-electron chi connectivity index (χ1n) is 13.9. The third-order valence-corrected chi connectivity index (χ3v) is 11.5. The molecule has 5 aliphatic rings. The molecule has 0 aromatic rings. The molecule has 0 aromatic carbocycles. The fraction of sp³-hybridized carbons (Fsp3) is 0.931. The van der Waals surface area contributed by atoms with E-state index in [0.717, 1.165) is 38.0 Å². The molecule has 1 heterocycles. The number of fused-ring (bicyclic) bond motifs is 2. The predicted molar refractivity (Wildman–Crippen MR) is 129 cm³/mol. The van der Waals surface area contributed by atoms with Crippen LogP contribution in [0, 0.1) is 40.4 Å². The van der Waals surface area contributed by atoms with E-state index in [4.69, 9.17) is 9.47 Å². The summed E-state index contributed by atoms with van der Waals surface area (Å²) in [6.07, 6.45) is 11.9. The van der Waals surface area contributed by atoms with E-state index in [1.807, 2.05) is 0 Å². The Morgan fingerprint density at radius 2 is 1.85 bits per heavy atom. The molecule has 0 radical (unpaired) electrons. The van der Waals surface area contributed by atoms with Crippen molar-refractivity contribution in [1.82, 2.24) is 0 Å². The highest BCUT2D eigenvalue weighted by atomic mass is 16.6. The Balaban J connectivity index is 1.37. The molecule has 0 N–H and O–H groups in total. The number of hydrogen-bond donors (Lipinski definition) is 0. The van der Waals surface area contributed by atoms with E-state index in [1.54, 1.807) is 0 Å². The van der Waals surface area contributed by atoms with E-state index < -0.39 is 5.60 Å². The monoisotopic (exact) mass is 458 g/mol. The zero-order valence-electron chi connectivity index (χ0n) is 21.9. The molecule has 9 atom stereocenters. The van der Waals surface area contributed by atoms with Crippen LogP contribution < -0.4 is 0 Å². The number of ketones is 1. The van der Waals surface area contributed by atoms with Gasteiger partial charge in [-0.25, -0.2) is 0 Å². The summed E-state index contributed by atoms with van der Waals surface area (Å²) >= 11 is 0. The lowest BCUT2D eigenvalue weighted by Gasteiger charge is -2.57. The van der Waals surface area contributed by atoms with Crippen LogP contribution in [0.4, 0.5) is 0 Å². The average molecular weight is 459 g/mol. The van der Waals surface area contributed by atoms with Crippen LogP contribution in [-0.4, -0.2) is 29.1 Å². The minimum Gasteiger partial charge on any atom is -0.463 e. The number of hydrogen-bond acceptors (Lipinski definition) is 4. The highest BCUT2D eigenvalue weighted by molar-refractivity contribution is 5.94. The van der Waals surface area contributed by atoms with Gasteiger partial charge in [0.05, 0.1) is 0 Å². The summed E-state index contributed by atoms with van der Waals surface area (Å²) in [5, 5.41) is 0. The highest BCUT2D eigenvalue weighted by Gasteiger charge is 2.89. The van der Waals surface area contributed by atoms with E-state index in [-0.39, 0.29) is 28.5 Å². The molecule has 2 spiro atoms. The van der Waals surface area contributed by atoms with Gasteiger partial charge in [0.25, 0.3) is 0 Å². The van der Waals surface area contributed by atoms with Crippen molar-refractivity contribution in [3.05, 3.63) is 0 Å². The van der Waals surface area contributed by atoms with Crippen molar-refractivity contribution in [2.24, 2.45) is 40.4 Å². The van der Waals surface area contributed by atoms with Crippen molar-refractivity contribution in [2.75, 3.05) is 0 Å². The van der Waals surface area contributed by atoms with Crippen LogP contribution in [0.25, 0.3) is 0 Å². The van der Waals surface area contributed by atoms with Gasteiger partial charge in [-0.2, -0.15) is 0 Å². The Hall–Kier alpha value is -0.900. The number of rotatable bonds is 6. The normalized spacial score (nSPS) is 49.0. The van der Waals surface area contributed by atoms with E-state index in [0.29, 0.717) is 35.9 Å². The van der Waals surface area contributed by atoms with Gasteiger partial charge < -0.3 is 9.47 Å². The maximum Gasteiger partial charge on any atom is 0.302 e. The summed E-state index contributed by atoms with van der Waals surface area (Å²) in [7, 11) is 0. The smallest absolute Gasteiger partial charge is 0.302 e. The minimum absolute atomic E-state index is 0.0205. The van der Waals surface area contributed by atoms with Gasteiger partial charge in [0.2, 0.25) is 0 Å². The number of esters is 1. The highest BCUT2D eigenvalue weighted by Crippen LogP contribution is 2.80. The molecule has 1 saturated heterocycles. The lowest BCUT2D eigenvalue weighted by molar-refractivity contribution is -0.160. The summed E-state index contributed by atoms with van der Waals surface area (Å²) in [6, 6.07) is 0.